The third-order valence-electron chi connectivity index (χ3n) is 4.22. The van der Waals surface area contributed by atoms with Crippen LogP contribution in [-0.4, -0.2) is 29.0 Å². The maximum absolute atomic E-state index is 11.9. The smallest absolute Gasteiger partial charge is 0.224 e. The minimum absolute atomic E-state index is 0.109. The second-order valence-corrected chi connectivity index (χ2v) is 7.20. The number of nitrogens with one attached hydrogen (secondary N) is 3. The van der Waals surface area contributed by atoms with Crippen molar-refractivity contribution >= 4 is 23.4 Å². The van der Waals surface area contributed by atoms with Crippen LogP contribution < -0.4 is 16.0 Å². The van der Waals surface area contributed by atoms with Crippen molar-refractivity contribution in [2.75, 3.05) is 11.1 Å². The van der Waals surface area contributed by atoms with E-state index in [1.165, 1.54) is 0 Å². The van der Waals surface area contributed by atoms with Crippen LogP contribution in [0, 0.1) is 0 Å². The number of benzene rings is 1. The van der Waals surface area contributed by atoms with Crippen LogP contribution in [0.1, 0.15) is 25.7 Å². The van der Waals surface area contributed by atoms with Crippen LogP contribution in [0.5, 0.6) is 0 Å². The molecule has 118 valence electrons. The highest BCUT2D eigenvalue weighted by Crippen LogP contribution is 2.34. The molecule has 1 amide bonds. The molecule has 3 N–H and O–H groups in total. The van der Waals surface area contributed by atoms with Gasteiger partial charge in [-0.05, 0) is 25.0 Å². The second kappa shape index (κ2) is 7.09. The Hall–Kier alpha value is -1.62. The van der Waals surface area contributed by atoms with Crippen molar-refractivity contribution in [2.24, 2.45) is 0 Å². The second-order valence-electron chi connectivity index (χ2n) is 5.93. The third kappa shape index (κ3) is 3.77. The topological polar surface area (TPSA) is 53.2 Å². The Bertz CT molecular complexity index is 534. The summed E-state index contributed by atoms with van der Waals surface area (Å²) >= 11 is 2.03. The molecule has 22 heavy (non-hydrogen) atoms. The van der Waals surface area contributed by atoms with E-state index in [0.29, 0.717) is 23.8 Å². The van der Waals surface area contributed by atoms with E-state index in [1.54, 1.807) is 0 Å². The Morgan fingerprint density at radius 3 is 2.91 bits per heavy atom. The molecular formula is C17H23N3OS. The zero-order valence-corrected chi connectivity index (χ0v) is 13.5. The van der Waals surface area contributed by atoms with Gasteiger partial charge in [0.15, 0.2) is 0 Å². The summed E-state index contributed by atoms with van der Waals surface area (Å²) in [5, 5.41) is 10.4. The Labute approximate surface area is 136 Å². The van der Waals surface area contributed by atoms with Gasteiger partial charge in [0, 0.05) is 23.1 Å². The summed E-state index contributed by atoms with van der Waals surface area (Å²) in [6.45, 7) is 3.95. The molecule has 4 nitrogen and oxygen atoms in total. The minimum Gasteiger partial charge on any atom is -0.367 e. The Morgan fingerprint density at radius 2 is 2.09 bits per heavy atom. The standard InChI is InChI=1S/C17H23N3OS/c1-12-18-14-11-22-15(17(14)19-12)9-5-6-10-16(21)20-13-7-3-2-4-8-13/h2-4,7-8,14-15,17-19H,1,5-6,9-11H2,(H,20,21)/t14-,15?,17-/m0/s1. The maximum atomic E-state index is 11.9. The summed E-state index contributed by atoms with van der Waals surface area (Å²) in [7, 11) is 0. The van der Waals surface area contributed by atoms with Gasteiger partial charge >= 0.3 is 0 Å². The zero-order valence-electron chi connectivity index (χ0n) is 12.7. The fraction of sp³-hybridized carbons (Fsp3) is 0.471. The first-order valence-electron chi connectivity index (χ1n) is 7.91. The summed E-state index contributed by atoms with van der Waals surface area (Å²) in [6, 6.07) is 10.7. The monoisotopic (exact) mass is 317 g/mol. The molecule has 0 aromatic heterocycles. The lowest BCUT2D eigenvalue weighted by molar-refractivity contribution is -0.116. The van der Waals surface area contributed by atoms with Crippen LogP contribution >= 0.6 is 11.8 Å². The van der Waals surface area contributed by atoms with Gasteiger partial charge < -0.3 is 16.0 Å². The lowest BCUT2D eigenvalue weighted by Gasteiger charge is -2.17. The van der Waals surface area contributed by atoms with E-state index in [0.717, 1.165) is 36.5 Å². The number of carbonyl (C=O) groups is 1. The lowest BCUT2D eigenvalue weighted by Crippen LogP contribution is -2.36. The summed E-state index contributed by atoms with van der Waals surface area (Å²) < 4.78 is 0. The molecular weight excluding hydrogens is 294 g/mol. The molecule has 2 heterocycles. The molecule has 1 aromatic rings. The lowest BCUT2D eigenvalue weighted by atomic mass is 10.0. The van der Waals surface area contributed by atoms with Crippen LogP contribution in [0.4, 0.5) is 5.69 Å². The Balaban J connectivity index is 1.34. The average molecular weight is 317 g/mol. The molecule has 1 aromatic carbocycles. The van der Waals surface area contributed by atoms with Gasteiger partial charge in [0.2, 0.25) is 5.91 Å². The highest BCUT2D eigenvalue weighted by molar-refractivity contribution is 8.00. The zero-order chi connectivity index (χ0) is 15.4. The number of unbranched alkanes of at least 4 members (excludes halogenated alkanes) is 1. The van der Waals surface area contributed by atoms with E-state index < -0.39 is 0 Å². The predicted octanol–water partition coefficient (Wildman–Crippen LogP) is 2.70. The van der Waals surface area contributed by atoms with Gasteiger partial charge in [0.1, 0.15) is 0 Å². The Morgan fingerprint density at radius 1 is 1.27 bits per heavy atom. The summed E-state index contributed by atoms with van der Waals surface area (Å²) in [5.41, 5.74) is 0.876. The van der Waals surface area contributed by atoms with Gasteiger partial charge in [0.25, 0.3) is 0 Å². The minimum atomic E-state index is 0.109. The van der Waals surface area contributed by atoms with Gasteiger partial charge in [-0.1, -0.05) is 31.2 Å². The van der Waals surface area contributed by atoms with Gasteiger partial charge in [0.05, 0.1) is 17.9 Å². The number of anilines is 1. The number of hydrogen-bond donors (Lipinski definition) is 3. The summed E-state index contributed by atoms with van der Waals surface area (Å²) in [5.74, 6) is 2.22. The molecule has 0 bridgehead atoms. The highest BCUT2D eigenvalue weighted by Gasteiger charge is 2.40. The van der Waals surface area contributed by atoms with Gasteiger partial charge in [-0.25, -0.2) is 0 Å². The largest absolute Gasteiger partial charge is 0.367 e. The number of hydrogen-bond acceptors (Lipinski definition) is 4. The third-order valence-corrected chi connectivity index (χ3v) is 5.73. The van der Waals surface area contributed by atoms with E-state index in [1.807, 2.05) is 42.1 Å². The number of para-hydroxylation sites is 1. The molecule has 3 rings (SSSR count). The maximum Gasteiger partial charge on any atom is 0.224 e. The molecule has 5 heteroatoms. The molecule has 2 aliphatic heterocycles. The molecule has 2 fully saturated rings. The van der Waals surface area contributed by atoms with Crippen molar-refractivity contribution in [2.45, 2.75) is 43.0 Å². The SMILES string of the molecule is C=C1N[C@H]2CSC(CCCCC(=O)Nc3ccccc3)[C@H]2N1. The first kappa shape index (κ1) is 15.3. The van der Waals surface area contributed by atoms with Crippen LogP contribution in [0.3, 0.4) is 0 Å². The Kier molecular flexibility index (Phi) is 4.93. The van der Waals surface area contributed by atoms with Gasteiger partial charge in [-0.15, -0.1) is 0 Å². The van der Waals surface area contributed by atoms with Crippen molar-refractivity contribution in [1.82, 2.24) is 10.6 Å². The molecule has 2 aliphatic rings. The number of fused-ring (bicyclic) bond motifs is 1. The average Bonchev–Trinajstić information content (AvgIpc) is 3.04. The number of rotatable bonds is 6. The van der Waals surface area contributed by atoms with Crippen molar-refractivity contribution < 1.29 is 4.79 Å². The van der Waals surface area contributed by atoms with Crippen molar-refractivity contribution in [1.29, 1.82) is 0 Å². The molecule has 0 saturated carbocycles. The quantitative estimate of drug-likeness (QED) is 0.706. The fourth-order valence-corrected chi connectivity index (χ4v) is 4.67. The number of thioether (sulfide) groups is 1. The molecule has 0 aliphatic carbocycles. The van der Waals surface area contributed by atoms with E-state index in [2.05, 4.69) is 22.5 Å². The van der Waals surface area contributed by atoms with Crippen LogP contribution in [0.2, 0.25) is 0 Å². The summed E-state index contributed by atoms with van der Waals surface area (Å²) in [4.78, 5) is 11.9. The molecule has 1 unspecified atom stereocenters. The molecule has 0 radical (unpaired) electrons. The highest BCUT2D eigenvalue weighted by atomic mass is 32.2. The van der Waals surface area contributed by atoms with E-state index >= 15 is 0 Å². The molecule has 2 saturated heterocycles. The first-order chi connectivity index (χ1) is 10.7. The van der Waals surface area contributed by atoms with Gasteiger partial charge in [-0.3, -0.25) is 4.79 Å². The fourth-order valence-electron chi connectivity index (χ4n) is 3.12. The van der Waals surface area contributed by atoms with Crippen molar-refractivity contribution in [3.8, 4) is 0 Å². The molecule has 0 spiro atoms. The number of carbonyl (C=O) groups excluding carboxylic acids is 1. The van der Waals surface area contributed by atoms with Crippen LogP contribution in [-0.2, 0) is 4.79 Å². The van der Waals surface area contributed by atoms with E-state index in [-0.39, 0.29) is 5.91 Å². The van der Waals surface area contributed by atoms with Gasteiger partial charge in [-0.2, -0.15) is 11.8 Å². The van der Waals surface area contributed by atoms with Crippen molar-refractivity contribution in [3.63, 3.8) is 0 Å². The van der Waals surface area contributed by atoms with Crippen LogP contribution in [0.25, 0.3) is 0 Å². The van der Waals surface area contributed by atoms with E-state index in [9.17, 15) is 4.79 Å². The normalized spacial score (nSPS) is 26.2. The predicted molar refractivity (Wildman–Crippen MR) is 92.8 cm³/mol. The first-order valence-corrected chi connectivity index (χ1v) is 8.96. The summed E-state index contributed by atoms with van der Waals surface area (Å²) in [6.07, 6.45) is 3.80. The van der Waals surface area contributed by atoms with E-state index in [4.69, 9.17) is 0 Å². The van der Waals surface area contributed by atoms with Crippen molar-refractivity contribution in [3.05, 3.63) is 42.7 Å². The van der Waals surface area contributed by atoms with Crippen LogP contribution in [0.15, 0.2) is 42.7 Å². The molecule has 3 atom stereocenters. The number of amides is 1.